The van der Waals surface area contributed by atoms with Crippen molar-refractivity contribution < 1.29 is 4.39 Å². The maximum absolute atomic E-state index is 13.7. The van der Waals surface area contributed by atoms with Gasteiger partial charge in [0.05, 0.1) is 6.04 Å². The predicted molar refractivity (Wildman–Crippen MR) is 120 cm³/mol. The van der Waals surface area contributed by atoms with E-state index < -0.39 is 5.95 Å². The molecule has 1 aromatic heterocycles. The van der Waals surface area contributed by atoms with E-state index in [2.05, 4.69) is 22.0 Å². The van der Waals surface area contributed by atoms with Crippen molar-refractivity contribution in [1.29, 1.82) is 0 Å². The first kappa shape index (κ1) is 20.0. The van der Waals surface area contributed by atoms with Gasteiger partial charge in [-0.2, -0.15) is 4.39 Å². The van der Waals surface area contributed by atoms with Gasteiger partial charge in [-0.15, -0.1) is 0 Å². The van der Waals surface area contributed by atoms with Crippen LogP contribution in [0.25, 0.3) is 0 Å². The maximum atomic E-state index is 13.7. The normalized spacial score (nSPS) is 23.8. The average Bonchev–Trinajstić information content (AvgIpc) is 2.99. The molecule has 0 radical (unpaired) electrons. The summed E-state index contributed by atoms with van der Waals surface area (Å²) in [6.45, 7) is 0. The van der Waals surface area contributed by atoms with E-state index in [9.17, 15) is 4.39 Å². The van der Waals surface area contributed by atoms with Gasteiger partial charge in [0, 0.05) is 33.7 Å². The quantitative estimate of drug-likeness (QED) is 0.404. The van der Waals surface area contributed by atoms with Crippen molar-refractivity contribution in [1.82, 2.24) is 9.88 Å². The van der Waals surface area contributed by atoms with E-state index in [1.165, 1.54) is 6.07 Å². The van der Waals surface area contributed by atoms with Gasteiger partial charge in [0.2, 0.25) is 5.95 Å². The number of hydrogen-bond donors (Lipinski definition) is 0. The van der Waals surface area contributed by atoms with Crippen LogP contribution in [0.2, 0.25) is 10.0 Å². The summed E-state index contributed by atoms with van der Waals surface area (Å²) < 4.78 is 13.7. The Morgan fingerprint density at radius 3 is 1.90 bits per heavy atom. The zero-order chi connectivity index (χ0) is 20.7. The Bertz CT molecular complexity index is 997. The topological polar surface area (TPSA) is 16.1 Å². The summed E-state index contributed by atoms with van der Waals surface area (Å²) in [4.78, 5) is 6.79. The van der Waals surface area contributed by atoms with E-state index in [0.29, 0.717) is 12.1 Å². The first-order valence-electron chi connectivity index (χ1n) is 10.5. The molecule has 0 saturated carbocycles. The molecule has 0 N–H and O–H groups in total. The minimum absolute atomic E-state index is 0.00585. The summed E-state index contributed by atoms with van der Waals surface area (Å²) in [5, 5.41) is 1.52. The number of hydrogen-bond acceptors (Lipinski definition) is 2. The summed E-state index contributed by atoms with van der Waals surface area (Å²) in [5.74, 6) is -0.111. The smallest absolute Gasteiger partial charge is 0.213 e. The van der Waals surface area contributed by atoms with Gasteiger partial charge in [0.1, 0.15) is 0 Å². The van der Waals surface area contributed by atoms with Gasteiger partial charge in [-0.1, -0.05) is 65.7 Å². The van der Waals surface area contributed by atoms with Crippen LogP contribution >= 0.6 is 23.2 Å². The number of piperidine rings is 1. The molecule has 2 unspecified atom stereocenters. The number of fused-ring (bicyclic) bond motifs is 2. The molecular formula is C25H23Cl2FN2. The molecule has 0 amide bonds. The fourth-order valence-corrected chi connectivity index (χ4v) is 5.89. The van der Waals surface area contributed by atoms with Crippen LogP contribution in [0.1, 0.15) is 54.5 Å². The average molecular weight is 441 g/mol. The number of nitrogens with zero attached hydrogens (tertiary/aromatic N) is 2. The number of aromatic nitrogens is 1. The molecule has 0 aliphatic carbocycles. The Morgan fingerprint density at radius 1 is 0.800 bits per heavy atom. The second-order valence-corrected chi connectivity index (χ2v) is 9.15. The van der Waals surface area contributed by atoms with Crippen molar-refractivity contribution in [2.75, 3.05) is 0 Å². The van der Waals surface area contributed by atoms with Crippen LogP contribution < -0.4 is 0 Å². The van der Waals surface area contributed by atoms with Gasteiger partial charge in [0.25, 0.3) is 0 Å². The molecule has 0 spiro atoms. The molecule has 5 rings (SSSR count). The Morgan fingerprint density at radius 2 is 1.37 bits per heavy atom. The van der Waals surface area contributed by atoms with E-state index in [1.54, 1.807) is 6.07 Å². The molecule has 2 nitrogen and oxygen atoms in total. The van der Waals surface area contributed by atoms with Crippen molar-refractivity contribution >= 4 is 23.2 Å². The highest BCUT2D eigenvalue weighted by molar-refractivity contribution is 6.32. The van der Waals surface area contributed by atoms with Gasteiger partial charge < -0.3 is 0 Å². The molecule has 5 heteroatoms. The van der Waals surface area contributed by atoms with Gasteiger partial charge in [-0.05, 0) is 61.1 Å². The molecule has 2 bridgehead atoms. The summed E-state index contributed by atoms with van der Waals surface area (Å²) >= 11 is 13.4. The SMILES string of the molecule is Fc1cccc(C2CC3CCC(C2)N3C(c2ccccc2Cl)c2ccccc2Cl)n1. The fraction of sp³-hybridized carbons (Fsp3) is 0.320. The van der Waals surface area contributed by atoms with Crippen LogP contribution in [0.4, 0.5) is 4.39 Å². The van der Waals surface area contributed by atoms with Gasteiger partial charge in [-0.3, -0.25) is 4.90 Å². The lowest BCUT2D eigenvalue weighted by molar-refractivity contribution is 0.0925. The lowest BCUT2D eigenvalue weighted by Gasteiger charge is -2.44. The van der Waals surface area contributed by atoms with E-state index >= 15 is 0 Å². The van der Waals surface area contributed by atoms with Crippen molar-refractivity contribution in [3.8, 4) is 0 Å². The Kier molecular flexibility index (Phi) is 5.53. The monoisotopic (exact) mass is 440 g/mol. The van der Waals surface area contributed by atoms with E-state index in [1.807, 2.05) is 42.5 Å². The lowest BCUT2D eigenvalue weighted by atomic mass is 9.84. The van der Waals surface area contributed by atoms with Crippen LogP contribution in [0.5, 0.6) is 0 Å². The largest absolute Gasteiger partial charge is 0.286 e. The molecule has 2 saturated heterocycles. The second-order valence-electron chi connectivity index (χ2n) is 8.33. The highest BCUT2D eigenvalue weighted by atomic mass is 35.5. The number of halogens is 3. The van der Waals surface area contributed by atoms with Gasteiger partial charge in [0.15, 0.2) is 0 Å². The minimum atomic E-state index is -0.396. The van der Waals surface area contributed by atoms with Crippen LogP contribution in [0.3, 0.4) is 0 Å². The van der Waals surface area contributed by atoms with Crippen molar-refractivity contribution in [2.45, 2.75) is 49.7 Å². The summed E-state index contributed by atoms with van der Waals surface area (Å²) in [6, 6.07) is 22.0. The third kappa shape index (κ3) is 3.64. The third-order valence-electron chi connectivity index (χ3n) is 6.64. The second kappa shape index (κ2) is 8.30. The highest BCUT2D eigenvalue weighted by Gasteiger charge is 2.46. The molecule has 154 valence electrons. The van der Waals surface area contributed by atoms with E-state index in [-0.39, 0.29) is 12.0 Å². The molecule has 2 atom stereocenters. The summed E-state index contributed by atoms with van der Waals surface area (Å²) in [7, 11) is 0. The molecule has 2 aromatic carbocycles. The molecule has 2 fully saturated rings. The molecule has 2 aliphatic heterocycles. The molecule has 2 aliphatic rings. The Hall–Kier alpha value is -1.94. The molecule has 30 heavy (non-hydrogen) atoms. The lowest BCUT2D eigenvalue weighted by Crippen LogP contribution is -2.45. The van der Waals surface area contributed by atoms with Gasteiger partial charge >= 0.3 is 0 Å². The van der Waals surface area contributed by atoms with E-state index in [4.69, 9.17) is 23.2 Å². The number of pyridine rings is 1. The number of benzene rings is 2. The zero-order valence-corrected chi connectivity index (χ0v) is 18.0. The Labute approximate surface area is 186 Å². The molecular weight excluding hydrogens is 418 g/mol. The minimum Gasteiger partial charge on any atom is -0.286 e. The van der Waals surface area contributed by atoms with Crippen molar-refractivity contribution in [3.63, 3.8) is 0 Å². The van der Waals surface area contributed by atoms with Crippen LogP contribution in [0, 0.1) is 5.95 Å². The Balaban J connectivity index is 1.53. The molecule has 3 heterocycles. The maximum Gasteiger partial charge on any atom is 0.213 e. The first-order chi connectivity index (χ1) is 14.6. The van der Waals surface area contributed by atoms with Crippen molar-refractivity contribution in [2.24, 2.45) is 0 Å². The van der Waals surface area contributed by atoms with Crippen LogP contribution in [-0.2, 0) is 0 Å². The first-order valence-corrected chi connectivity index (χ1v) is 11.3. The van der Waals surface area contributed by atoms with Gasteiger partial charge in [-0.25, -0.2) is 4.98 Å². The number of rotatable bonds is 4. The van der Waals surface area contributed by atoms with Crippen molar-refractivity contribution in [3.05, 3.63) is 99.5 Å². The predicted octanol–water partition coefficient (Wildman–Crippen LogP) is 7.03. The van der Waals surface area contributed by atoms with Crippen LogP contribution in [0.15, 0.2) is 66.7 Å². The summed E-state index contributed by atoms with van der Waals surface area (Å²) in [5.41, 5.74) is 3.05. The molecule has 3 aromatic rings. The fourth-order valence-electron chi connectivity index (χ4n) is 5.41. The summed E-state index contributed by atoms with van der Waals surface area (Å²) in [6.07, 6.45) is 4.19. The zero-order valence-electron chi connectivity index (χ0n) is 16.5. The van der Waals surface area contributed by atoms with E-state index in [0.717, 1.165) is 52.5 Å². The van der Waals surface area contributed by atoms with Crippen LogP contribution in [-0.4, -0.2) is 22.0 Å². The third-order valence-corrected chi connectivity index (χ3v) is 7.33. The standard InChI is InChI=1S/C25H23Cl2FN2/c26-21-8-3-1-6-19(21)25(20-7-2-4-9-22(20)27)30-17-12-13-18(30)15-16(14-17)23-10-5-11-24(28)29-23/h1-11,16-18,25H,12-15H2. The highest BCUT2D eigenvalue weighted by Crippen LogP contribution is 2.49.